The van der Waals surface area contributed by atoms with Gasteiger partial charge in [0, 0.05) is 13.6 Å². The van der Waals surface area contributed by atoms with Gasteiger partial charge in [0.25, 0.3) is 5.91 Å². The minimum atomic E-state index is -3.46. The molecule has 8 heteroatoms. The summed E-state index contributed by atoms with van der Waals surface area (Å²) in [6, 6.07) is 8.97. The fourth-order valence-corrected chi connectivity index (χ4v) is 5.27. The SMILES string of the molecule is Cc1ccc(S(=O)(=O)N2CC[NH+](CC(=O)N(C)Cc3ccsc3)CC2)cc1. The van der Waals surface area contributed by atoms with Crippen LogP contribution in [-0.2, 0) is 21.4 Å². The topological polar surface area (TPSA) is 62.1 Å². The summed E-state index contributed by atoms with van der Waals surface area (Å²) in [6.45, 7) is 5.11. The molecule has 27 heavy (non-hydrogen) atoms. The molecule has 1 saturated heterocycles. The first-order valence-corrected chi connectivity index (χ1v) is 11.4. The highest BCUT2D eigenvalue weighted by molar-refractivity contribution is 7.89. The van der Waals surface area contributed by atoms with E-state index in [0.29, 0.717) is 44.2 Å². The van der Waals surface area contributed by atoms with E-state index in [4.69, 9.17) is 0 Å². The van der Waals surface area contributed by atoms with Crippen LogP contribution in [0.1, 0.15) is 11.1 Å². The Balaban J connectivity index is 1.52. The minimum Gasteiger partial charge on any atom is -0.337 e. The van der Waals surface area contributed by atoms with E-state index in [1.165, 1.54) is 4.31 Å². The largest absolute Gasteiger partial charge is 0.337 e. The smallest absolute Gasteiger partial charge is 0.277 e. The van der Waals surface area contributed by atoms with Crippen LogP contribution >= 0.6 is 11.3 Å². The zero-order valence-electron chi connectivity index (χ0n) is 15.7. The number of carbonyl (C=O) groups is 1. The minimum absolute atomic E-state index is 0.0889. The molecule has 0 radical (unpaired) electrons. The quantitative estimate of drug-likeness (QED) is 0.762. The van der Waals surface area contributed by atoms with Crippen molar-refractivity contribution in [1.29, 1.82) is 0 Å². The lowest BCUT2D eigenvalue weighted by Gasteiger charge is -2.32. The Labute approximate surface area is 165 Å². The van der Waals surface area contributed by atoms with Gasteiger partial charge in [-0.2, -0.15) is 15.6 Å². The molecule has 2 heterocycles. The van der Waals surface area contributed by atoms with Crippen LogP contribution in [0.2, 0.25) is 0 Å². The number of nitrogens with zero attached hydrogens (tertiary/aromatic N) is 2. The van der Waals surface area contributed by atoms with Gasteiger partial charge in [0.2, 0.25) is 10.0 Å². The fraction of sp³-hybridized carbons (Fsp3) is 0.421. The summed E-state index contributed by atoms with van der Waals surface area (Å²) in [5, 5.41) is 4.05. The van der Waals surface area contributed by atoms with Crippen LogP contribution in [0, 0.1) is 6.92 Å². The van der Waals surface area contributed by atoms with Gasteiger partial charge in [-0.15, -0.1) is 0 Å². The molecular weight excluding hydrogens is 382 g/mol. The molecule has 1 aromatic heterocycles. The molecule has 146 valence electrons. The molecule has 1 aliphatic rings. The summed E-state index contributed by atoms with van der Waals surface area (Å²) in [6.07, 6.45) is 0. The third kappa shape index (κ3) is 4.95. The molecule has 0 unspecified atom stereocenters. The van der Waals surface area contributed by atoms with E-state index in [0.717, 1.165) is 16.0 Å². The standard InChI is InChI=1S/C19H25N3O3S2/c1-16-3-5-18(6-4-16)27(24,25)22-10-8-21(9-11-22)14-19(23)20(2)13-17-7-12-26-15-17/h3-7,12,15H,8-11,13-14H2,1-2H3/p+1. The zero-order valence-corrected chi connectivity index (χ0v) is 17.4. The maximum atomic E-state index is 12.8. The Morgan fingerprint density at radius 3 is 2.44 bits per heavy atom. The van der Waals surface area contributed by atoms with Crippen molar-refractivity contribution < 1.29 is 18.1 Å². The number of likely N-dealkylation sites (N-methyl/N-ethyl adjacent to an activating group) is 1. The number of sulfonamides is 1. The monoisotopic (exact) mass is 408 g/mol. The molecule has 0 spiro atoms. The molecule has 3 rings (SSSR count). The van der Waals surface area contributed by atoms with Crippen LogP contribution in [0.25, 0.3) is 0 Å². The molecule has 0 aliphatic carbocycles. The number of amides is 1. The zero-order chi connectivity index (χ0) is 19.4. The number of hydrogen-bond donors (Lipinski definition) is 1. The van der Waals surface area contributed by atoms with Crippen molar-refractivity contribution in [3.63, 3.8) is 0 Å². The second kappa shape index (κ2) is 8.52. The van der Waals surface area contributed by atoms with Crippen molar-refractivity contribution in [2.75, 3.05) is 39.8 Å². The molecule has 1 aromatic carbocycles. The van der Waals surface area contributed by atoms with E-state index in [1.807, 2.05) is 42.9 Å². The number of nitrogens with one attached hydrogen (secondary N) is 1. The highest BCUT2D eigenvalue weighted by Crippen LogP contribution is 2.16. The molecule has 1 amide bonds. The molecular formula is C19H26N3O3S2+. The summed E-state index contributed by atoms with van der Waals surface area (Å²) >= 11 is 1.62. The van der Waals surface area contributed by atoms with Gasteiger partial charge in [-0.1, -0.05) is 17.7 Å². The Morgan fingerprint density at radius 2 is 1.85 bits per heavy atom. The maximum Gasteiger partial charge on any atom is 0.277 e. The number of aryl methyl sites for hydroxylation is 1. The fourth-order valence-electron chi connectivity index (χ4n) is 3.17. The van der Waals surface area contributed by atoms with Crippen LogP contribution in [0.4, 0.5) is 0 Å². The van der Waals surface area contributed by atoms with Gasteiger partial charge in [-0.25, -0.2) is 8.42 Å². The highest BCUT2D eigenvalue weighted by atomic mass is 32.2. The van der Waals surface area contributed by atoms with Crippen molar-refractivity contribution in [2.45, 2.75) is 18.4 Å². The first-order valence-electron chi connectivity index (χ1n) is 9.01. The van der Waals surface area contributed by atoms with E-state index in [-0.39, 0.29) is 5.91 Å². The van der Waals surface area contributed by atoms with Crippen LogP contribution < -0.4 is 4.90 Å². The summed E-state index contributed by atoms with van der Waals surface area (Å²) in [4.78, 5) is 15.7. The highest BCUT2D eigenvalue weighted by Gasteiger charge is 2.31. The van der Waals surface area contributed by atoms with Crippen molar-refractivity contribution in [3.05, 3.63) is 52.2 Å². The molecule has 1 N–H and O–H groups in total. The molecule has 0 saturated carbocycles. The van der Waals surface area contributed by atoms with Gasteiger partial charge >= 0.3 is 0 Å². The number of hydrogen-bond acceptors (Lipinski definition) is 4. The molecule has 6 nitrogen and oxygen atoms in total. The van der Waals surface area contributed by atoms with E-state index in [1.54, 1.807) is 28.4 Å². The van der Waals surface area contributed by atoms with Crippen molar-refractivity contribution in [3.8, 4) is 0 Å². The Kier molecular flexibility index (Phi) is 6.31. The molecule has 0 bridgehead atoms. The van der Waals surface area contributed by atoms with E-state index in [2.05, 4.69) is 0 Å². The van der Waals surface area contributed by atoms with E-state index < -0.39 is 10.0 Å². The van der Waals surface area contributed by atoms with Crippen LogP contribution in [0.5, 0.6) is 0 Å². The summed E-state index contributed by atoms with van der Waals surface area (Å²) in [5.74, 6) is 0.0889. The number of quaternary nitrogens is 1. The van der Waals surface area contributed by atoms with Gasteiger partial charge in [0.05, 0.1) is 31.1 Å². The van der Waals surface area contributed by atoms with Gasteiger partial charge in [-0.3, -0.25) is 4.79 Å². The van der Waals surface area contributed by atoms with Gasteiger partial charge in [-0.05, 0) is 41.4 Å². The van der Waals surface area contributed by atoms with Crippen LogP contribution in [0.15, 0.2) is 46.0 Å². The second-order valence-corrected chi connectivity index (χ2v) is 9.74. The summed E-state index contributed by atoms with van der Waals surface area (Å²) in [7, 11) is -1.64. The maximum absolute atomic E-state index is 12.8. The van der Waals surface area contributed by atoms with Crippen molar-refractivity contribution in [1.82, 2.24) is 9.21 Å². The number of piperazine rings is 1. The van der Waals surface area contributed by atoms with Crippen LogP contribution in [-0.4, -0.2) is 63.3 Å². The first-order chi connectivity index (χ1) is 12.9. The third-order valence-electron chi connectivity index (χ3n) is 4.92. The average Bonchev–Trinajstić information content (AvgIpc) is 3.15. The Morgan fingerprint density at radius 1 is 1.19 bits per heavy atom. The van der Waals surface area contributed by atoms with Gasteiger partial charge in [0.15, 0.2) is 6.54 Å². The van der Waals surface area contributed by atoms with E-state index >= 15 is 0 Å². The number of benzene rings is 1. The Bertz CT molecular complexity index is 856. The van der Waals surface area contributed by atoms with E-state index in [9.17, 15) is 13.2 Å². The average molecular weight is 409 g/mol. The molecule has 2 aromatic rings. The lowest BCUT2D eigenvalue weighted by Crippen LogP contribution is -3.15. The number of rotatable bonds is 6. The third-order valence-corrected chi connectivity index (χ3v) is 7.56. The van der Waals surface area contributed by atoms with Gasteiger partial charge < -0.3 is 9.80 Å². The first kappa shape index (κ1) is 20.0. The lowest BCUT2D eigenvalue weighted by atomic mass is 10.2. The number of carbonyl (C=O) groups excluding carboxylic acids is 1. The normalized spacial score (nSPS) is 16.4. The van der Waals surface area contributed by atoms with Crippen molar-refractivity contribution >= 4 is 27.3 Å². The predicted molar refractivity (Wildman–Crippen MR) is 106 cm³/mol. The van der Waals surface area contributed by atoms with Crippen LogP contribution in [0.3, 0.4) is 0 Å². The van der Waals surface area contributed by atoms with Crippen molar-refractivity contribution in [2.24, 2.45) is 0 Å². The summed E-state index contributed by atoms with van der Waals surface area (Å²) < 4.78 is 27.0. The number of thiophene rings is 1. The predicted octanol–water partition coefficient (Wildman–Crippen LogP) is 0.604. The molecule has 1 fully saturated rings. The molecule has 1 aliphatic heterocycles. The van der Waals surface area contributed by atoms with Gasteiger partial charge in [0.1, 0.15) is 0 Å². The summed E-state index contributed by atoms with van der Waals surface area (Å²) in [5.41, 5.74) is 2.17. The molecule has 0 atom stereocenters. The Hall–Kier alpha value is -1.74. The lowest BCUT2D eigenvalue weighted by molar-refractivity contribution is -0.896. The second-order valence-electron chi connectivity index (χ2n) is 7.03.